The Balaban J connectivity index is 1.30. The minimum absolute atomic E-state index is 0.0727. The van der Waals surface area contributed by atoms with Gasteiger partial charge >= 0.3 is 6.09 Å². The standard InChI is InChI=1S/C31H43N7O4/c1-20-26(27(38-42-20)21-12-7-5-8-13-21)28-24(32)19-34-29(37-28)36-23-15-11-14-22(18-23)35-25(39)16-9-6-10-17-33-30(40)41-31(2,3)4/h11,14-15,18-19,21H,5-10,12-13,16-17,32H2,1-4H3,(H,33,40)(H,35,39)(H,34,36,37). The fourth-order valence-electron chi connectivity index (χ4n) is 5.10. The predicted molar refractivity (Wildman–Crippen MR) is 164 cm³/mol. The molecule has 4 rings (SSSR count). The molecule has 0 radical (unpaired) electrons. The van der Waals surface area contributed by atoms with E-state index in [9.17, 15) is 9.59 Å². The Bertz CT molecular complexity index is 1360. The predicted octanol–water partition coefficient (Wildman–Crippen LogP) is 6.84. The molecule has 1 aliphatic carbocycles. The molecule has 1 aromatic carbocycles. The molecule has 3 aromatic rings. The first kappa shape index (κ1) is 30.8. The summed E-state index contributed by atoms with van der Waals surface area (Å²) in [5.41, 5.74) is 10.1. The molecule has 1 fully saturated rings. The zero-order chi connectivity index (χ0) is 30.1. The first-order valence-corrected chi connectivity index (χ1v) is 14.8. The van der Waals surface area contributed by atoms with E-state index in [1.807, 2.05) is 52.0 Å². The number of nitrogens with one attached hydrogen (secondary N) is 3. The molecule has 1 saturated carbocycles. The molecule has 11 nitrogen and oxygen atoms in total. The van der Waals surface area contributed by atoms with Crippen LogP contribution >= 0.6 is 0 Å². The second-order valence-corrected chi connectivity index (χ2v) is 11.8. The van der Waals surface area contributed by atoms with E-state index in [4.69, 9.17) is 20.0 Å². The summed E-state index contributed by atoms with van der Waals surface area (Å²) in [5.74, 6) is 1.34. The Morgan fingerprint density at radius 1 is 1.10 bits per heavy atom. The number of ether oxygens (including phenoxy) is 1. The molecule has 11 heteroatoms. The van der Waals surface area contributed by atoms with Crippen molar-refractivity contribution in [1.29, 1.82) is 0 Å². The Labute approximate surface area is 247 Å². The van der Waals surface area contributed by atoms with Gasteiger partial charge in [0.25, 0.3) is 0 Å². The number of amides is 2. The lowest BCUT2D eigenvalue weighted by Gasteiger charge is -2.20. The second kappa shape index (κ2) is 14.2. The molecule has 2 aromatic heterocycles. The van der Waals surface area contributed by atoms with Gasteiger partial charge < -0.3 is 30.9 Å². The molecule has 0 aliphatic heterocycles. The number of aromatic nitrogens is 3. The van der Waals surface area contributed by atoms with Crippen molar-refractivity contribution in [3.05, 3.63) is 41.9 Å². The summed E-state index contributed by atoms with van der Waals surface area (Å²) in [6, 6.07) is 7.40. The minimum atomic E-state index is -0.518. The number of carbonyl (C=O) groups excluding carboxylic acids is 2. The van der Waals surface area contributed by atoms with E-state index in [0.29, 0.717) is 54.1 Å². The highest BCUT2D eigenvalue weighted by Gasteiger charge is 2.27. The van der Waals surface area contributed by atoms with Gasteiger partial charge in [-0.25, -0.2) is 14.8 Å². The van der Waals surface area contributed by atoms with Crippen molar-refractivity contribution < 1.29 is 18.8 Å². The summed E-state index contributed by atoms with van der Waals surface area (Å²) < 4.78 is 10.8. The summed E-state index contributed by atoms with van der Waals surface area (Å²) in [7, 11) is 0. The Kier molecular flexibility index (Phi) is 10.4. The molecule has 2 heterocycles. The van der Waals surface area contributed by atoms with Crippen LogP contribution in [-0.4, -0.2) is 39.3 Å². The quantitative estimate of drug-likeness (QED) is 0.179. The van der Waals surface area contributed by atoms with Crippen LogP contribution in [0.1, 0.15) is 95.9 Å². The lowest BCUT2D eigenvalue weighted by Crippen LogP contribution is -2.33. The third-order valence-corrected chi connectivity index (χ3v) is 7.09. The highest BCUT2D eigenvalue weighted by Crippen LogP contribution is 2.40. The molecule has 0 bridgehead atoms. The average molecular weight is 578 g/mol. The van der Waals surface area contributed by atoms with Crippen LogP contribution in [0.2, 0.25) is 0 Å². The molecule has 5 N–H and O–H groups in total. The Morgan fingerprint density at radius 2 is 1.86 bits per heavy atom. The van der Waals surface area contributed by atoms with Gasteiger partial charge in [0.1, 0.15) is 17.1 Å². The van der Waals surface area contributed by atoms with Gasteiger partial charge in [0.05, 0.1) is 23.1 Å². The van der Waals surface area contributed by atoms with Gasteiger partial charge in [-0.3, -0.25) is 4.79 Å². The van der Waals surface area contributed by atoms with Gasteiger partial charge in [-0.2, -0.15) is 0 Å². The van der Waals surface area contributed by atoms with Crippen molar-refractivity contribution in [2.24, 2.45) is 0 Å². The zero-order valence-electron chi connectivity index (χ0n) is 25.1. The van der Waals surface area contributed by atoms with Crippen molar-refractivity contribution in [1.82, 2.24) is 20.4 Å². The number of hydrogen-bond acceptors (Lipinski definition) is 9. The van der Waals surface area contributed by atoms with Crippen LogP contribution in [0.4, 0.5) is 27.8 Å². The number of hydrogen-bond donors (Lipinski definition) is 4. The van der Waals surface area contributed by atoms with Crippen LogP contribution in [0, 0.1) is 6.92 Å². The summed E-state index contributed by atoms with van der Waals surface area (Å²) >= 11 is 0. The number of rotatable bonds is 11. The summed E-state index contributed by atoms with van der Waals surface area (Å²) in [4.78, 5) is 33.3. The highest BCUT2D eigenvalue weighted by molar-refractivity contribution is 5.91. The van der Waals surface area contributed by atoms with E-state index in [1.54, 1.807) is 6.20 Å². The van der Waals surface area contributed by atoms with Crippen LogP contribution in [0.5, 0.6) is 0 Å². The molecule has 0 atom stereocenters. The van der Waals surface area contributed by atoms with Gasteiger partial charge in [-0.05, 0) is 71.6 Å². The normalized spacial score (nSPS) is 13.9. The molecular weight excluding hydrogens is 534 g/mol. The van der Waals surface area contributed by atoms with Crippen LogP contribution in [0.25, 0.3) is 11.3 Å². The van der Waals surface area contributed by atoms with Crippen LogP contribution in [-0.2, 0) is 9.53 Å². The van der Waals surface area contributed by atoms with E-state index in [2.05, 4.69) is 26.1 Å². The van der Waals surface area contributed by atoms with Crippen molar-refractivity contribution in [2.75, 3.05) is 22.9 Å². The van der Waals surface area contributed by atoms with E-state index in [-0.39, 0.29) is 5.91 Å². The van der Waals surface area contributed by atoms with E-state index in [0.717, 1.165) is 42.6 Å². The number of anilines is 4. The fourth-order valence-corrected chi connectivity index (χ4v) is 5.10. The van der Waals surface area contributed by atoms with Crippen molar-refractivity contribution in [3.8, 4) is 11.3 Å². The largest absolute Gasteiger partial charge is 0.444 e. The molecule has 0 spiro atoms. The monoisotopic (exact) mass is 577 g/mol. The average Bonchev–Trinajstić information content (AvgIpc) is 3.32. The van der Waals surface area contributed by atoms with E-state index < -0.39 is 11.7 Å². The number of alkyl carbamates (subject to hydrolysis) is 1. The summed E-state index contributed by atoms with van der Waals surface area (Å²) in [6.45, 7) is 7.87. The summed E-state index contributed by atoms with van der Waals surface area (Å²) in [6.07, 6.45) is 9.64. The molecule has 1 aliphatic rings. The molecule has 42 heavy (non-hydrogen) atoms. The second-order valence-electron chi connectivity index (χ2n) is 11.8. The van der Waals surface area contributed by atoms with Gasteiger partial charge in [-0.15, -0.1) is 0 Å². The first-order valence-electron chi connectivity index (χ1n) is 14.8. The lowest BCUT2D eigenvalue weighted by molar-refractivity contribution is -0.116. The van der Waals surface area contributed by atoms with Crippen LogP contribution in [0.3, 0.4) is 0 Å². The molecule has 226 valence electrons. The Morgan fingerprint density at radius 3 is 2.62 bits per heavy atom. The maximum absolute atomic E-state index is 12.5. The zero-order valence-corrected chi connectivity index (χ0v) is 25.1. The van der Waals surface area contributed by atoms with Gasteiger partial charge in [0.15, 0.2) is 0 Å². The van der Waals surface area contributed by atoms with Crippen molar-refractivity contribution in [3.63, 3.8) is 0 Å². The lowest BCUT2D eigenvalue weighted by atomic mass is 9.84. The maximum Gasteiger partial charge on any atom is 0.407 e. The molecule has 2 amide bonds. The topological polar surface area (TPSA) is 157 Å². The SMILES string of the molecule is Cc1onc(C2CCCCC2)c1-c1nc(Nc2cccc(NC(=O)CCCCCNC(=O)OC(C)(C)C)c2)ncc1N. The van der Waals surface area contributed by atoms with E-state index >= 15 is 0 Å². The highest BCUT2D eigenvalue weighted by atomic mass is 16.6. The van der Waals surface area contributed by atoms with Gasteiger partial charge in [-0.1, -0.05) is 36.9 Å². The van der Waals surface area contributed by atoms with Gasteiger partial charge in [0.2, 0.25) is 11.9 Å². The molecule has 0 unspecified atom stereocenters. The van der Waals surface area contributed by atoms with Crippen molar-refractivity contribution in [2.45, 2.75) is 97.0 Å². The number of nitrogens with zero attached hydrogens (tertiary/aromatic N) is 3. The fraction of sp³-hybridized carbons (Fsp3) is 0.516. The smallest absolute Gasteiger partial charge is 0.407 e. The third kappa shape index (κ3) is 8.92. The van der Waals surface area contributed by atoms with Gasteiger partial charge in [0, 0.05) is 30.3 Å². The maximum atomic E-state index is 12.5. The first-order chi connectivity index (χ1) is 20.1. The summed E-state index contributed by atoms with van der Waals surface area (Å²) in [5, 5.41) is 13.3. The number of unbranched alkanes of at least 4 members (excludes halogenated alkanes) is 2. The molecule has 0 saturated heterocycles. The number of benzene rings is 1. The number of nitrogen functional groups attached to an aromatic ring is 1. The number of aryl methyl sites for hydroxylation is 1. The number of carbonyl (C=O) groups is 2. The minimum Gasteiger partial charge on any atom is -0.444 e. The number of nitrogens with two attached hydrogens (primary N) is 1. The van der Waals surface area contributed by atoms with Crippen LogP contribution < -0.4 is 21.7 Å². The third-order valence-electron chi connectivity index (χ3n) is 7.09. The van der Waals surface area contributed by atoms with E-state index in [1.165, 1.54) is 19.3 Å². The van der Waals surface area contributed by atoms with Crippen molar-refractivity contribution >= 4 is 35.0 Å². The van der Waals surface area contributed by atoms with Crippen LogP contribution in [0.15, 0.2) is 35.0 Å². The molecular formula is C31H43N7O4. The Hall–Kier alpha value is -4.15.